The molecule has 0 N–H and O–H groups in total. The van der Waals surface area contributed by atoms with Crippen molar-refractivity contribution in [2.75, 3.05) is 0 Å². The van der Waals surface area contributed by atoms with Crippen LogP contribution in [0.4, 0.5) is 0 Å². The number of rotatable bonds is 3. The second-order valence-corrected chi connectivity index (χ2v) is 1.76. The van der Waals surface area contributed by atoms with E-state index in [1.165, 1.54) is 0 Å². The summed E-state index contributed by atoms with van der Waals surface area (Å²) >= 11 is 0. The molecule has 0 unspecified atom stereocenters. The van der Waals surface area contributed by atoms with Crippen LogP contribution in [0.2, 0.25) is 0 Å². The lowest BCUT2D eigenvalue weighted by Gasteiger charge is -1.91. The van der Waals surface area contributed by atoms with Crippen molar-refractivity contribution in [1.82, 2.24) is 0 Å². The van der Waals surface area contributed by atoms with E-state index < -0.39 is 0 Å². The summed E-state index contributed by atoms with van der Waals surface area (Å²) in [5.74, 6) is 0.0625. The minimum atomic E-state index is 0.0625. The Kier molecular flexibility index (Phi) is 3.16. The fourth-order valence-corrected chi connectivity index (χ4v) is 0.360. The molecule has 0 saturated carbocycles. The van der Waals surface area contributed by atoms with Crippen molar-refractivity contribution < 1.29 is 4.79 Å². The Labute approximate surface area is 50.4 Å². The predicted molar refractivity (Wildman–Crippen MR) is 34.4 cm³/mol. The van der Waals surface area contributed by atoms with Crippen molar-refractivity contribution in [3.8, 4) is 0 Å². The Bertz CT molecular complexity index is 103. The summed E-state index contributed by atoms with van der Waals surface area (Å²) in [4.78, 5) is 10.6. The van der Waals surface area contributed by atoms with Gasteiger partial charge >= 0.3 is 0 Å². The number of carbonyl (C=O) groups excluding carboxylic acids is 1. The molecule has 0 rings (SSSR count). The molecule has 1 nitrogen and oxygen atoms in total. The lowest BCUT2D eigenvalue weighted by Crippen LogP contribution is -1.96. The largest absolute Gasteiger partial charge is 0.294 e. The van der Waals surface area contributed by atoms with Gasteiger partial charge in [0.05, 0.1) is 0 Å². The monoisotopic (exact) mass is 111 g/mol. The van der Waals surface area contributed by atoms with Gasteiger partial charge in [0, 0.05) is 6.42 Å². The maximum absolute atomic E-state index is 10.6. The van der Waals surface area contributed by atoms with Gasteiger partial charge in [0.25, 0.3) is 0 Å². The highest BCUT2D eigenvalue weighted by molar-refractivity contribution is 6.00. The summed E-state index contributed by atoms with van der Waals surface area (Å²) in [6, 6.07) is 0. The first-order valence-electron chi connectivity index (χ1n) is 2.71. The molecule has 1 heteroatoms. The summed E-state index contributed by atoms with van der Waals surface area (Å²) < 4.78 is 0. The summed E-state index contributed by atoms with van der Waals surface area (Å²) in [5.41, 5.74) is 0.617. The summed E-state index contributed by atoms with van der Waals surface area (Å²) in [5, 5.41) is 0. The van der Waals surface area contributed by atoms with Crippen LogP contribution in [0, 0.1) is 6.42 Å². The second kappa shape index (κ2) is 3.42. The SMILES string of the molecule is C=C(C)C(=O)[CH]CC. The van der Waals surface area contributed by atoms with Crippen LogP contribution in [0.15, 0.2) is 12.2 Å². The van der Waals surface area contributed by atoms with Crippen molar-refractivity contribution in [1.29, 1.82) is 0 Å². The van der Waals surface area contributed by atoms with Crippen molar-refractivity contribution >= 4 is 5.78 Å². The second-order valence-electron chi connectivity index (χ2n) is 1.76. The van der Waals surface area contributed by atoms with Gasteiger partial charge in [-0.3, -0.25) is 4.79 Å². The maximum atomic E-state index is 10.6. The molecule has 0 aliphatic carbocycles. The lowest BCUT2D eigenvalue weighted by atomic mass is 10.1. The van der Waals surface area contributed by atoms with E-state index in [2.05, 4.69) is 6.58 Å². The van der Waals surface area contributed by atoms with E-state index in [9.17, 15) is 4.79 Å². The molecule has 0 aliphatic rings. The minimum absolute atomic E-state index is 0.0625. The molecule has 0 amide bonds. The van der Waals surface area contributed by atoms with Gasteiger partial charge in [0.15, 0.2) is 5.78 Å². The zero-order chi connectivity index (χ0) is 6.57. The average Bonchev–Trinajstić information content (AvgIpc) is 1.67. The van der Waals surface area contributed by atoms with E-state index in [-0.39, 0.29) is 5.78 Å². The van der Waals surface area contributed by atoms with Crippen LogP contribution in [-0.4, -0.2) is 5.78 Å². The normalized spacial score (nSPS) is 8.75. The Morgan fingerprint density at radius 2 is 2.25 bits per heavy atom. The van der Waals surface area contributed by atoms with Crippen LogP contribution >= 0.6 is 0 Å². The third-order valence-corrected chi connectivity index (χ3v) is 0.810. The molecule has 0 heterocycles. The highest BCUT2D eigenvalue weighted by Gasteiger charge is 1.97. The predicted octanol–water partition coefficient (Wildman–Crippen LogP) is 1.75. The number of ketones is 1. The van der Waals surface area contributed by atoms with Crippen molar-refractivity contribution in [2.45, 2.75) is 20.3 Å². The zero-order valence-corrected chi connectivity index (χ0v) is 5.40. The van der Waals surface area contributed by atoms with Crippen LogP contribution in [0.1, 0.15) is 20.3 Å². The van der Waals surface area contributed by atoms with Gasteiger partial charge in [-0.25, -0.2) is 0 Å². The van der Waals surface area contributed by atoms with Gasteiger partial charge in [-0.15, -0.1) is 0 Å². The molecule has 0 aromatic carbocycles. The third kappa shape index (κ3) is 2.56. The van der Waals surface area contributed by atoms with Crippen LogP contribution < -0.4 is 0 Å². The molecule has 8 heavy (non-hydrogen) atoms. The van der Waals surface area contributed by atoms with Crippen LogP contribution in [0.5, 0.6) is 0 Å². The van der Waals surface area contributed by atoms with Gasteiger partial charge in [0.1, 0.15) is 0 Å². The van der Waals surface area contributed by atoms with Crippen molar-refractivity contribution in [2.24, 2.45) is 0 Å². The van der Waals surface area contributed by atoms with Gasteiger partial charge in [-0.2, -0.15) is 0 Å². The van der Waals surface area contributed by atoms with E-state index in [0.29, 0.717) is 5.57 Å². The Balaban J connectivity index is 3.49. The Morgan fingerprint density at radius 3 is 2.38 bits per heavy atom. The summed E-state index contributed by atoms with van der Waals surface area (Å²) in [6.45, 7) is 7.14. The molecule has 0 aliphatic heterocycles. The average molecular weight is 111 g/mol. The first kappa shape index (κ1) is 7.41. The first-order chi connectivity index (χ1) is 3.68. The van der Waals surface area contributed by atoms with E-state index in [1.807, 2.05) is 6.92 Å². The van der Waals surface area contributed by atoms with Crippen molar-refractivity contribution in [3.05, 3.63) is 18.6 Å². The number of allylic oxidation sites excluding steroid dienone is 1. The van der Waals surface area contributed by atoms with Gasteiger partial charge in [-0.05, 0) is 18.9 Å². The molecular weight excluding hydrogens is 100 g/mol. The first-order valence-corrected chi connectivity index (χ1v) is 2.71. The third-order valence-electron chi connectivity index (χ3n) is 0.810. The lowest BCUT2D eigenvalue weighted by molar-refractivity contribution is -0.112. The number of hydrogen-bond donors (Lipinski definition) is 0. The topological polar surface area (TPSA) is 17.1 Å². The van der Waals surface area contributed by atoms with Gasteiger partial charge < -0.3 is 0 Å². The summed E-state index contributed by atoms with van der Waals surface area (Å²) in [6.07, 6.45) is 2.42. The smallest absolute Gasteiger partial charge is 0.161 e. The molecule has 45 valence electrons. The van der Waals surface area contributed by atoms with Crippen LogP contribution in [-0.2, 0) is 4.79 Å². The fourth-order valence-electron chi connectivity index (χ4n) is 0.360. The molecule has 0 aromatic rings. The van der Waals surface area contributed by atoms with E-state index >= 15 is 0 Å². The van der Waals surface area contributed by atoms with Crippen molar-refractivity contribution in [3.63, 3.8) is 0 Å². The zero-order valence-electron chi connectivity index (χ0n) is 5.40. The molecule has 0 aromatic heterocycles. The van der Waals surface area contributed by atoms with Gasteiger partial charge in [-0.1, -0.05) is 13.5 Å². The standard InChI is InChI=1S/C7H11O/c1-4-5-7(8)6(2)3/h5H,2,4H2,1,3H3. The molecule has 0 bridgehead atoms. The maximum Gasteiger partial charge on any atom is 0.161 e. The van der Waals surface area contributed by atoms with Gasteiger partial charge in [0.2, 0.25) is 0 Å². The molecule has 0 fully saturated rings. The molecule has 0 saturated heterocycles. The molecular formula is C7H11O. The fraction of sp³-hybridized carbons (Fsp3) is 0.429. The molecule has 1 radical (unpaired) electrons. The molecule has 0 spiro atoms. The van der Waals surface area contributed by atoms with E-state index in [0.717, 1.165) is 6.42 Å². The summed E-state index contributed by atoms with van der Waals surface area (Å²) in [7, 11) is 0. The van der Waals surface area contributed by atoms with E-state index in [4.69, 9.17) is 0 Å². The minimum Gasteiger partial charge on any atom is -0.294 e. The molecule has 0 atom stereocenters. The van der Waals surface area contributed by atoms with E-state index in [1.54, 1.807) is 13.3 Å². The quantitative estimate of drug-likeness (QED) is 0.507. The highest BCUT2D eigenvalue weighted by Crippen LogP contribution is 1.95. The number of carbonyl (C=O) groups is 1. The Morgan fingerprint density at radius 1 is 1.75 bits per heavy atom. The van der Waals surface area contributed by atoms with Crippen LogP contribution in [0.3, 0.4) is 0 Å². The van der Waals surface area contributed by atoms with Crippen LogP contribution in [0.25, 0.3) is 0 Å². The highest BCUT2D eigenvalue weighted by atomic mass is 16.1. The Hall–Kier alpha value is -0.590. The number of Topliss-reactive ketones (excluding diaryl/α,β-unsaturated/α-hetero) is 1. The number of hydrogen-bond acceptors (Lipinski definition) is 1.